The second-order valence-electron chi connectivity index (χ2n) is 6.23. The molecule has 0 aliphatic heterocycles. The summed E-state index contributed by atoms with van der Waals surface area (Å²) in [6.07, 6.45) is 1.69. The van der Waals surface area contributed by atoms with E-state index in [0.717, 1.165) is 26.7 Å². The van der Waals surface area contributed by atoms with Gasteiger partial charge in [-0.25, -0.2) is 12.4 Å². The highest BCUT2D eigenvalue weighted by Crippen LogP contribution is 2.32. The Morgan fingerprint density at radius 3 is 2.17 bits per heavy atom. The minimum Gasteiger partial charge on any atom is -0.253 e. The summed E-state index contributed by atoms with van der Waals surface area (Å²) < 4.78 is 29.1. The average molecular weight is 407 g/mol. The molecule has 6 heteroatoms. The number of nitrogens with zero attached hydrogens (tertiary/aromatic N) is 2. The molecule has 0 spiro atoms. The van der Waals surface area contributed by atoms with Crippen molar-refractivity contribution in [2.75, 3.05) is 0 Å². The third-order valence-corrected chi connectivity index (χ3v) is 6.90. The molecule has 4 nitrogen and oxygen atoms in total. The first-order chi connectivity index (χ1) is 11.1. The maximum Gasteiger partial charge on any atom is 0.268 e. The van der Waals surface area contributed by atoms with Crippen molar-refractivity contribution in [2.24, 2.45) is 0 Å². The molecule has 0 aliphatic rings. The predicted molar refractivity (Wildman–Crippen MR) is 100 cm³/mol. The number of hydrogen-bond donors (Lipinski definition) is 0. The third kappa shape index (κ3) is 2.48. The molecule has 0 saturated heterocycles. The van der Waals surface area contributed by atoms with Crippen LogP contribution in [0.4, 0.5) is 0 Å². The zero-order valence-electron chi connectivity index (χ0n) is 14.3. The molecule has 0 radical (unpaired) electrons. The molecule has 0 saturated carbocycles. The summed E-state index contributed by atoms with van der Waals surface area (Å²) in [4.78, 5) is 4.76. The molecule has 1 aromatic carbocycles. The van der Waals surface area contributed by atoms with Crippen LogP contribution in [0.5, 0.6) is 0 Å². The van der Waals surface area contributed by atoms with E-state index in [1.54, 1.807) is 12.3 Å². The van der Waals surface area contributed by atoms with Gasteiger partial charge in [0.25, 0.3) is 10.0 Å². The lowest BCUT2D eigenvalue weighted by Gasteiger charge is -2.15. The summed E-state index contributed by atoms with van der Waals surface area (Å²) >= 11 is 3.39. The second kappa shape index (κ2) is 5.70. The fraction of sp³-hybridized carbons (Fsp3) is 0.278. The lowest BCUT2D eigenvalue weighted by molar-refractivity contribution is 0.586. The normalized spacial score (nSPS) is 12.1. The van der Waals surface area contributed by atoms with Crippen LogP contribution >= 0.6 is 15.9 Å². The van der Waals surface area contributed by atoms with E-state index in [0.29, 0.717) is 21.6 Å². The van der Waals surface area contributed by atoms with Crippen LogP contribution < -0.4 is 0 Å². The van der Waals surface area contributed by atoms with Gasteiger partial charge in [-0.15, -0.1) is 0 Å². The van der Waals surface area contributed by atoms with Crippen molar-refractivity contribution in [3.05, 3.63) is 56.8 Å². The predicted octanol–water partition coefficient (Wildman–Crippen LogP) is 4.58. The van der Waals surface area contributed by atoms with Gasteiger partial charge in [-0.2, -0.15) is 0 Å². The summed E-state index contributed by atoms with van der Waals surface area (Å²) in [5.74, 6) is 0. The van der Waals surface area contributed by atoms with E-state index in [9.17, 15) is 8.42 Å². The minimum atomic E-state index is -3.71. The van der Waals surface area contributed by atoms with Gasteiger partial charge < -0.3 is 0 Å². The Kier molecular flexibility index (Phi) is 4.08. The van der Waals surface area contributed by atoms with E-state index in [-0.39, 0.29) is 0 Å². The van der Waals surface area contributed by atoms with Crippen molar-refractivity contribution in [3.8, 4) is 0 Å². The van der Waals surface area contributed by atoms with Crippen LogP contribution in [0.25, 0.3) is 11.0 Å². The molecule has 0 atom stereocenters. The SMILES string of the molecule is Cc1cc(C)c(S(=O)(=O)n2c(C)c(C)c3ncc(Br)cc32)c(C)c1. The molecular weight excluding hydrogens is 388 g/mol. The molecule has 0 fully saturated rings. The van der Waals surface area contributed by atoms with Crippen molar-refractivity contribution < 1.29 is 8.42 Å². The van der Waals surface area contributed by atoms with E-state index < -0.39 is 10.0 Å². The van der Waals surface area contributed by atoms with Gasteiger partial charge in [0, 0.05) is 16.4 Å². The highest BCUT2D eigenvalue weighted by atomic mass is 79.9. The molecule has 0 unspecified atom stereocenters. The molecule has 24 heavy (non-hydrogen) atoms. The summed E-state index contributed by atoms with van der Waals surface area (Å²) in [5.41, 5.74) is 5.45. The van der Waals surface area contributed by atoms with Crippen molar-refractivity contribution in [3.63, 3.8) is 0 Å². The van der Waals surface area contributed by atoms with Gasteiger partial charge in [0.15, 0.2) is 0 Å². The first kappa shape index (κ1) is 17.2. The number of halogens is 1. The highest BCUT2D eigenvalue weighted by Gasteiger charge is 2.27. The smallest absolute Gasteiger partial charge is 0.253 e. The Bertz CT molecular complexity index is 1060. The van der Waals surface area contributed by atoms with Gasteiger partial charge in [0.2, 0.25) is 0 Å². The third-order valence-electron chi connectivity index (χ3n) is 4.36. The molecule has 0 amide bonds. The van der Waals surface area contributed by atoms with Gasteiger partial charge in [0.05, 0.1) is 15.9 Å². The Labute approximate surface area is 150 Å². The zero-order chi connectivity index (χ0) is 17.8. The van der Waals surface area contributed by atoms with Gasteiger partial charge in [-0.05, 0) is 73.3 Å². The first-order valence-electron chi connectivity index (χ1n) is 7.61. The largest absolute Gasteiger partial charge is 0.268 e. The van der Waals surface area contributed by atoms with Gasteiger partial charge in [-0.3, -0.25) is 4.98 Å². The maximum atomic E-state index is 13.5. The molecule has 3 aromatic rings. The van der Waals surface area contributed by atoms with Crippen molar-refractivity contribution in [1.29, 1.82) is 0 Å². The van der Waals surface area contributed by atoms with Gasteiger partial charge >= 0.3 is 0 Å². The maximum absolute atomic E-state index is 13.5. The molecular formula is C18H19BrN2O2S. The topological polar surface area (TPSA) is 52.0 Å². The number of hydrogen-bond acceptors (Lipinski definition) is 3. The fourth-order valence-corrected chi connectivity index (χ4v) is 5.68. The molecule has 2 aromatic heterocycles. The lowest BCUT2D eigenvalue weighted by Crippen LogP contribution is -2.17. The Morgan fingerprint density at radius 2 is 1.58 bits per heavy atom. The average Bonchev–Trinajstić information content (AvgIpc) is 2.69. The van der Waals surface area contributed by atoms with Gasteiger partial charge in [0.1, 0.15) is 0 Å². The summed E-state index contributed by atoms with van der Waals surface area (Å²) in [7, 11) is -3.71. The molecule has 3 rings (SSSR count). The Hall–Kier alpha value is -1.66. The summed E-state index contributed by atoms with van der Waals surface area (Å²) in [6.45, 7) is 9.38. The zero-order valence-corrected chi connectivity index (χ0v) is 16.7. The van der Waals surface area contributed by atoms with E-state index in [1.165, 1.54) is 3.97 Å². The quantitative estimate of drug-likeness (QED) is 0.625. The molecule has 0 aliphatic carbocycles. The van der Waals surface area contributed by atoms with Crippen molar-refractivity contribution in [1.82, 2.24) is 8.96 Å². The van der Waals surface area contributed by atoms with Crippen LogP contribution in [0.3, 0.4) is 0 Å². The van der Waals surface area contributed by atoms with Gasteiger partial charge in [-0.1, -0.05) is 17.7 Å². The van der Waals surface area contributed by atoms with E-state index in [4.69, 9.17) is 0 Å². The Morgan fingerprint density at radius 1 is 1.00 bits per heavy atom. The highest BCUT2D eigenvalue weighted by molar-refractivity contribution is 9.10. The second-order valence-corrected chi connectivity index (χ2v) is 8.87. The standard InChI is InChI=1S/C18H19BrN2O2S/c1-10-6-11(2)18(12(3)7-10)24(22,23)21-14(5)13(4)17-16(21)8-15(19)9-20-17/h6-9H,1-5H3. The van der Waals surface area contributed by atoms with Crippen LogP contribution in [0, 0.1) is 34.6 Å². The number of aromatic nitrogens is 2. The van der Waals surface area contributed by atoms with Crippen LogP contribution in [0.15, 0.2) is 33.8 Å². The van der Waals surface area contributed by atoms with Crippen LogP contribution in [-0.4, -0.2) is 17.4 Å². The van der Waals surface area contributed by atoms with Crippen molar-refractivity contribution in [2.45, 2.75) is 39.5 Å². The summed E-state index contributed by atoms with van der Waals surface area (Å²) in [5, 5.41) is 0. The van der Waals surface area contributed by atoms with E-state index >= 15 is 0 Å². The van der Waals surface area contributed by atoms with E-state index in [2.05, 4.69) is 20.9 Å². The number of pyridine rings is 1. The Balaban J connectivity index is 2.43. The lowest BCUT2D eigenvalue weighted by atomic mass is 10.1. The molecule has 0 N–H and O–H groups in total. The first-order valence-corrected chi connectivity index (χ1v) is 9.84. The van der Waals surface area contributed by atoms with Crippen LogP contribution in [0.1, 0.15) is 27.9 Å². The fourth-order valence-electron chi connectivity index (χ4n) is 3.35. The molecule has 126 valence electrons. The number of fused-ring (bicyclic) bond motifs is 1. The molecule has 2 heterocycles. The van der Waals surface area contributed by atoms with E-state index in [1.807, 2.05) is 46.8 Å². The van der Waals surface area contributed by atoms with Crippen molar-refractivity contribution >= 4 is 37.0 Å². The number of aryl methyl sites for hydroxylation is 4. The molecule has 0 bridgehead atoms. The summed E-state index contributed by atoms with van der Waals surface area (Å²) in [6, 6.07) is 5.61. The number of rotatable bonds is 2. The monoisotopic (exact) mass is 406 g/mol. The minimum absolute atomic E-state index is 0.369. The van der Waals surface area contributed by atoms with Crippen LogP contribution in [-0.2, 0) is 10.0 Å². The number of benzene rings is 1. The van der Waals surface area contributed by atoms with Crippen LogP contribution in [0.2, 0.25) is 0 Å².